The van der Waals surface area contributed by atoms with E-state index in [1.807, 2.05) is 31.2 Å². The molecule has 24 heavy (non-hydrogen) atoms. The van der Waals surface area contributed by atoms with E-state index < -0.39 is 0 Å². The van der Waals surface area contributed by atoms with Gasteiger partial charge in [-0.3, -0.25) is 5.32 Å². The molecule has 3 rings (SSSR count). The molecule has 6 nitrogen and oxygen atoms in total. The van der Waals surface area contributed by atoms with E-state index in [9.17, 15) is 4.79 Å². The first-order valence-electron chi connectivity index (χ1n) is 8.02. The summed E-state index contributed by atoms with van der Waals surface area (Å²) in [5.41, 5.74) is 1.91. The molecule has 2 amide bonds. The number of nitrogens with one attached hydrogen (secondary N) is 2. The highest BCUT2D eigenvalue weighted by Gasteiger charge is 2.12. The van der Waals surface area contributed by atoms with Crippen LogP contribution in [0.15, 0.2) is 28.6 Å². The second-order valence-electron chi connectivity index (χ2n) is 5.72. The third-order valence-electron chi connectivity index (χ3n) is 3.77. The van der Waals surface area contributed by atoms with Gasteiger partial charge in [-0.1, -0.05) is 40.8 Å². The Hall–Kier alpha value is -1.64. The Morgan fingerprint density at radius 1 is 1.21 bits per heavy atom. The van der Waals surface area contributed by atoms with E-state index in [1.165, 1.54) is 37.3 Å². The number of thioether (sulfide) groups is 1. The van der Waals surface area contributed by atoms with E-state index >= 15 is 0 Å². The first kappa shape index (κ1) is 17.2. The first-order chi connectivity index (χ1) is 11.7. The standard InChI is InChI=1S/C16H21N5OS2/c1-12-4-6-13(7-5-12)17-14(22)18-15-19-20-16(24-15)23-11-10-21-8-2-3-9-21/h4-7H,2-3,8-11H2,1H3,(H2,17,18,19,22). The fourth-order valence-corrected chi connectivity index (χ4v) is 4.30. The number of anilines is 2. The second-order valence-corrected chi connectivity index (χ2v) is 8.04. The Bertz CT molecular complexity index is 667. The van der Waals surface area contributed by atoms with Gasteiger partial charge in [-0.05, 0) is 45.0 Å². The van der Waals surface area contributed by atoms with E-state index in [0.717, 1.165) is 27.9 Å². The van der Waals surface area contributed by atoms with Gasteiger partial charge in [-0.2, -0.15) is 0 Å². The molecule has 0 radical (unpaired) electrons. The van der Waals surface area contributed by atoms with Gasteiger partial charge in [0.25, 0.3) is 0 Å². The predicted molar refractivity (Wildman–Crippen MR) is 100 cm³/mol. The van der Waals surface area contributed by atoms with Gasteiger partial charge >= 0.3 is 6.03 Å². The molecule has 1 aromatic carbocycles. The Balaban J connectivity index is 1.42. The average molecular weight is 364 g/mol. The summed E-state index contributed by atoms with van der Waals surface area (Å²) < 4.78 is 0.889. The van der Waals surface area contributed by atoms with Crippen LogP contribution in [0, 0.1) is 6.92 Å². The summed E-state index contributed by atoms with van der Waals surface area (Å²) in [5, 5.41) is 14.2. The fraction of sp³-hybridized carbons (Fsp3) is 0.438. The van der Waals surface area contributed by atoms with Crippen LogP contribution in [0.4, 0.5) is 15.6 Å². The molecule has 0 atom stereocenters. The minimum atomic E-state index is -0.302. The maximum atomic E-state index is 12.0. The lowest BCUT2D eigenvalue weighted by atomic mass is 10.2. The number of aromatic nitrogens is 2. The lowest BCUT2D eigenvalue weighted by Gasteiger charge is -2.12. The average Bonchev–Trinajstić information content (AvgIpc) is 3.22. The second kappa shape index (κ2) is 8.46. The molecular formula is C16H21N5OS2. The van der Waals surface area contributed by atoms with E-state index in [1.54, 1.807) is 11.8 Å². The monoisotopic (exact) mass is 363 g/mol. The summed E-state index contributed by atoms with van der Waals surface area (Å²) >= 11 is 3.10. The molecule has 2 heterocycles. The summed E-state index contributed by atoms with van der Waals surface area (Å²) in [5.74, 6) is 1.00. The first-order valence-corrected chi connectivity index (χ1v) is 9.82. The van der Waals surface area contributed by atoms with Crippen molar-refractivity contribution in [2.45, 2.75) is 24.1 Å². The summed E-state index contributed by atoms with van der Waals surface area (Å²) in [6.45, 7) is 5.51. The van der Waals surface area contributed by atoms with Crippen molar-refractivity contribution >= 4 is 39.9 Å². The van der Waals surface area contributed by atoms with Crippen LogP contribution in [0.25, 0.3) is 0 Å². The van der Waals surface area contributed by atoms with Gasteiger partial charge in [0, 0.05) is 18.0 Å². The fourth-order valence-electron chi connectivity index (χ4n) is 2.48. The Morgan fingerprint density at radius 3 is 2.71 bits per heavy atom. The number of hydrogen-bond acceptors (Lipinski definition) is 6. The zero-order chi connectivity index (χ0) is 16.8. The molecule has 0 unspecified atom stereocenters. The van der Waals surface area contributed by atoms with Crippen LogP contribution in [0.3, 0.4) is 0 Å². The Kier molecular flexibility index (Phi) is 6.06. The minimum Gasteiger partial charge on any atom is -0.308 e. The van der Waals surface area contributed by atoms with Crippen LogP contribution in [-0.4, -0.2) is 46.5 Å². The zero-order valence-corrected chi connectivity index (χ0v) is 15.3. The summed E-state index contributed by atoms with van der Waals surface area (Å²) in [6, 6.07) is 7.35. The number of carbonyl (C=O) groups is 1. The molecule has 1 fully saturated rings. The molecule has 1 aromatic heterocycles. The summed E-state index contributed by atoms with van der Waals surface area (Å²) in [7, 11) is 0. The lowest BCUT2D eigenvalue weighted by molar-refractivity contribution is 0.262. The molecule has 2 aromatic rings. The highest BCUT2D eigenvalue weighted by molar-refractivity contribution is 8.01. The number of hydrogen-bond donors (Lipinski definition) is 2. The maximum Gasteiger partial charge on any atom is 0.325 e. The quantitative estimate of drug-likeness (QED) is 0.605. The molecule has 0 bridgehead atoms. The van der Waals surface area contributed by atoms with Gasteiger partial charge in [0.15, 0.2) is 4.34 Å². The molecule has 1 aliphatic rings. The molecule has 0 spiro atoms. The predicted octanol–water partition coefficient (Wildman–Crippen LogP) is 3.68. The highest BCUT2D eigenvalue weighted by Crippen LogP contribution is 2.25. The third-order valence-corrected chi connectivity index (χ3v) is 5.72. The van der Waals surface area contributed by atoms with Crippen LogP contribution < -0.4 is 10.6 Å². The molecule has 1 saturated heterocycles. The van der Waals surface area contributed by atoms with Crippen molar-refractivity contribution in [2.24, 2.45) is 0 Å². The van der Waals surface area contributed by atoms with Crippen molar-refractivity contribution in [3.05, 3.63) is 29.8 Å². The number of amides is 2. The lowest BCUT2D eigenvalue weighted by Crippen LogP contribution is -2.21. The molecule has 0 saturated carbocycles. The molecule has 2 N–H and O–H groups in total. The normalized spacial score (nSPS) is 14.7. The van der Waals surface area contributed by atoms with Gasteiger partial charge in [-0.15, -0.1) is 10.2 Å². The zero-order valence-electron chi connectivity index (χ0n) is 13.6. The summed E-state index contributed by atoms with van der Waals surface area (Å²) in [6.07, 6.45) is 2.63. The molecule has 128 valence electrons. The topological polar surface area (TPSA) is 70.1 Å². The third kappa shape index (κ3) is 5.19. The van der Waals surface area contributed by atoms with Crippen LogP contribution in [0.1, 0.15) is 18.4 Å². The van der Waals surface area contributed by atoms with Gasteiger partial charge in [0.05, 0.1) is 0 Å². The number of rotatable bonds is 6. The van der Waals surface area contributed by atoms with Crippen molar-refractivity contribution in [1.29, 1.82) is 0 Å². The van der Waals surface area contributed by atoms with Gasteiger partial charge in [0.2, 0.25) is 5.13 Å². The van der Waals surface area contributed by atoms with E-state index in [4.69, 9.17) is 0 Å². The van der Waals surface area contributed by atoms with Crippen LogP contribution in [0.2, 0.25) is 0 Å². The van der Waals surface area contributed by atoms with E-state index in [-0.39, 0.29) is 6.03 Å². The Morgan fingerprint density at radius 2 is 1.96 bits per heavy atom. The van der Waals surface area contributed by atoms with Crippen LogP contribution >= 0.6 is 23.1 Å². The van der Waals surface area contributed by atoms with E-state index in [0.29, 0.717) is 5.13 Å². The van der Waals surface area contributed by atoms with Crippen molar-refractivity contribution in [2.75, 3.05) is 36.0 Å². The van der Waals surface area contributed by atoms with Crippen LogP contribution in [-0.2, 0) is 0 Å². The molecular weight excluding hydrogens is 342 g/mol. The smallest absolute Gasteiger partial charge is 0.308 e. The number of benzene rings is 1. The largest absolute Gasteiger partial charge is 0.325 e. The van der Waals surface area contributed by atoms with Gasteiger partial charge < -0.3 is 10.2 Å². The van der Waals surface area contributed by atoms with Crippen molar-refractivity contribution < 1.29 is 4.79 Å². The number of aryl methyl sites for hydroxylation is 1. The number of nitrogens with zero attached hydrogens (tertiary/aromatic N) is 3. The maximum absolute atomic E-state index is 12.0. The molecule has 1 aliphatic heterocycles. The van der Waals surface area contributed by atoms with Gasteiger partial charge in [0.1, 0.15) is 0 Å². The Labute approximate surface area is 150 Å². The number of likely N-dealkylation sites (tertiary alicyclic amines) is 1. The SMILES string of the molecule is Cc1ccc(NC(=O)Nc2nnc(SCCN3CCCC3)s2)cc1. The molecule has 0 aliphatic carbocycles. The number of carbonyl (C=O) groups excluding carboxylic acids is 1. The van der Waals surface area contributed by atoms with E-state index in [2.05, 4.69) is 25.7 Å². The highest BCUT2D eigenvalue weighted by atomic mass is 32.2. The van der Waals surface area contributed by atoms with Crippen molar-refractivity contribution in [3.8, 4) is 0 Å². The van der Waals surface area contributed by atoms with Crippen molar-refractivity contribution in [3.63, 3.8) is 0 Å². The van der Waals surface area contributed by atoms with Gasteiger partial charge in [-0.25, -0.2) is 4.79 Å². The van der Waals surface area contributed by atoms with Crippen molar-refractivity contribution in [1.82, 2.24) is 15.1 Å². The summed E-state index contributed by atoms with van der Waals surface area (Å²) in [4.78, 5) is 14.4. The molecule has 8 heteroatoms. The number of urea groups is 1. The minimum absolute atomic E-state index is 0.302. The van der Waals surface area contributed by atoms with Crippen LogP contribution in [0.5, 0.6) is 0 Å².